The maximum atomic E-state index is 5.04. The molecule has 2 nitrogen and oxygen atoms in total. The molecule has 0 saturated carbocycles. The molecule has 128 valence electrons. The van der Waals surface area contributed by atoms with E-state index in [-0.39, 0.29) is 5.54 Å². The number of nitrogens with one attached hydrogen (secondary N) is 1. The van der Waals surface area contributed by atoms with E-state index in [1.807, 2.05) is 10.3 Å². The van der Waals surface area contributed by atoms with Crippen molar-refractivity contribution in [2.24, 2.45) is 4.99 Å². The van der Waals surface area contributed by atoms with E-state index >= 15 is 0 Å². The van der Waals surface area contributed by atoms with E-state index in [1.54, 1.807) is 10.3 Å². The van der Waals surface area contributed by atoms with Crippen LogP contribution in [0.4, 0.5) is 11.4 Å². The molecular formula is C21H22N2S2. The van der Waals surface area contributed by atoms with Gasteiger partial charge >= 0.3 is 0 Å². The third-order valence-corrected chi connectivity index (χ3v) is 7.32. The highest BCUT2D eigenvalue weighted by molar-refractivity contribution is 7.68. The van der Waals surface area contributed by atoms with Crippen molar-refractivity contribution in [2.45, 2.75) is 40.2 Å². The molecule has 0 bridgehead atoms. The van der Waals surface area contributed by atoms with Crippen LogP contribution in [0.15, 0.2) is 41.4 Å². The van der Waals surface area contributed by atoms with Crippen LogP contribution >= 0.6 is 20.7 Å². The molecule has 2 aromatic carbocycles. The second kappa shape index (κ2) is 5.82. The standard InChI is InChI=1S/C21H22N2S2/c1-12-7-9-16(14(3)10-12)22-20-18-15-8-6-13(2)11-17(15)23-21(4,5)19(18)24-25-20/h6-11,23H,1-5H3. The van der Waals surface area contributed by atoms with Gasteiger partial charge in [0.15, 0.2) is 0 Å². The van der Waals surface area contributed by atoms with Crippen molar-refractivity contribution in [3.63, 3.8) is 0 Å². The summed E-state index contributed by atoms with van der Waals surface area (Å²) in [5, 5.41) is 3.70. The minimum absolute atomic E-state index is 0.0760. The van der Waals surface area contributed by atoms with E-state index in [9.17, 15) is 0 Å². The molecule has 4 heteroatoms. The summed E-state index contributed by atoms with van der Waals surface area (Å²) in [4.78, 5) is 6.42. The van der Waals surface area contributed by atoms with Gasteiger partial charge in [-0.15, -0.1) is 0 Å². The number of hydrogen-bond acceptors (Lipinski definition) is 4. The molecule has 0 fully saturated rings. The molecule has 0 aliphatic carbocycles. The van der Waals surface area contributed by atoms with Crippen molar-refractivity contribution in [1.29, 1.82) is 0 Å². The minimum atomic E-state index is -0.0760. The Labute approximate surface area is 156 Å². The van der Waals surface area contributed by atoms with Crippen molar-refractivity contribution in [3.8, 4) is 11.1 Å². The average Bonchev–Trinajstić information content (AvgIpc) is 2.94. The Morgan fingerprint density at radius 2 is 1.64 bits per heavy atom. The van der Waals surface area contributed by atoms with Crippen LogP contribution in [0.5, 0.6) is 0 Å². The van der Waals surface area contributed by atoms with Gasteiger partial charge in [-0.25, -0.2) is 4.99 Å². The van der Waals surface area contributed by atoms with Crippen molar-refractivity contribution >= 4 is 32.1 Å². The predicted molar refractivity (Wildman–Crippen MR) is 110 cm³/mol. The van der Waals surface area contributed by atoms with Crippen LogP contribution in [0.2, 0.25) is 0 Å². The van der Waals surface area contributed by atoms with E-state index < -0.39 is 0 Å². The lowest BCUT2D eigenvalue weighted by Gasteiger charge is -2.33. The summed E-state index contributed by atoms with van der Waals surface area (Å²) in [6.45, 7) is 10.9. The van der Waals surface area contributed by atoms with E-state index in [4.69, 9.17) is 4.99 Å². The van der Waals surface area contributed by atoms with Gasteiger partial charge < -0.3 is 5.32 Å². The molecule has 0 unspecified atom stereocenters. The summed E-state index contributed by atoms with van der Waals surface area (Å²) in [6.07, 6.45) is 0. The zero-order valence-corrected chi connectivity index (χ0v) is 16.9. The Bertz CT molecular complexity index is 1040. The molecule has 1 aromatic heterocycles. The smallest absolute Gasteiger partial charge is 0.135 e. The molecule has 0 radical (unpaired) electrons. The van der Waals surface area contributed by atoms with E-state index in [1.165, 1.54) is 38.4 Å². The number of nitrogens with zero attached hydrogens (tertiary/aromatic N) is 1. The molecule has 4 rings (SSSR count). The number of aryl methyl sites for hydroxylation is 3. The number of hydrogen-bond donors (Lipinski definition) is 1. The van der Waals surface area contributed by atoms with Crippen LogP contribution in [0.25, 0.3) is 11.1 Å². The van der Waals surface area contributed by atoms with Gasteiger partial charge in [0.1, 0.15) is 4.67 Å². The first-order valence-electron chi connectivity index (χ1n) is 8.50. The highest BCUT2D eigenvalue weighted by atomic mass is 32.9. The molecule has 2 heterocycles. The van der Waals surface area contributed by atoms with Crippen LogP contribution in [0, 0.1) is 20.8 Å². The van der Waals surface area contributed by atoms with Crippen LogP contribution in [-0.4, -0.2) is 0 Å². The quantitative estimate of drug-likeness (QED) is 0.502. The van der Waals surface area contributed by atoms with E-state index in [2.05, 4.69) is 76.3 Å². The number of rotatable bonds is 1. The second-order valence-electron chi connectivity index (χ2n) is 7.38. The molecule has 3 aromatic rings. The third kappa shape index (κ3) is 2.83. The first kappa shape index (κ1) is 16.6. The fourth-order valence-corrected chi connectivity index (χ4v) is 6.33. The zero-order chi connectivity index (χ0) is 17.8. The van der Waals surface area contributed by atoms with Crippen LogP contribution in [0.1, 0.15) is 35.4 Å². The number of fused-ring (bicyclic) bond motifs is 3. The van der Waals surface area contributed by atoms with Crippen molar-refractivity contribution in [1.82, 2.24) is 0 Å². The zero-order valence-electron chi connectivity index (χ0n) is 15.2. The normalized spacial score (nSPS) is 15.5. The van der Waals surface area contributed by atoms with Crippen LogP contribution < -0.4 is 9.99 Å². The monoisotopic (exact) mass is 366 g/mol. The largest absolute Gasteiger partial charge is 0.375 e. The van der Waals surface area contributed by atoms with Gasteiger partial charge in [0.05, 0.1) is 16.1 Å². The Morgan fingerprint density at radius 3 is 2.40 bits per heavy atom. The summed E-state index contributed by atoms with van der Waals surface area (Å²) in [5.41, 5.74) is 8.54. The molecule has 1 aliphatic rings. The summed E-state index contributed by atoms with van der Waals surface area (Å²) in [6, 6.07) is 13.1. The second-order valence-corrected chi connectivity index (χ2v) is 9.51. The molecule has 0 spiro atoms. The lowest BCUT2D eigenvalue weighted by molar-refractivity contribution is 0.619. The Hall–Kier alpha value is -1.91. The molecule has 1 aliphatic heterocycles. The fourth-order valence-electron chi connectivity index (χ4n) is 3.40. The number of anilines is 1. The van der Waals surface area contributed by atoms with Gasteiger partial charge in [0.2, 0.25) is 0 Å². The summed E-state index contributed by atoms with van der Waals surface area (Å²) >= 11 is 0. The van der Waals surface area contributed by atoms with Crippen LogP contribution in [-0.2, 0) is 5.54 Å². The van der Waals surface area contributed by atoms with E-state index in [0.717, 1.165) is 10.4 Å². The number of benzene rings is 2. The molecule has 0 atom stereocenters. The lowest BCUT2D eigenvalue weighted by atomic mass is 9.89. The molecule has 25 heavy (non-hydrogen) atoms. The van der Waals surface area contributed by atoms with Crippen molar-refractivity contribution in [3.05, 3.63) is 62.6 Å². The first-order valence-corrected chi connectivity index (χ1v) is 10.6. The van der Waals surface area contributed by atoms with Gasteiger partial charge in [-0.05, 0) is 57.9 Å². The van der Waals surface area contributed by atoms with Gasteiger partial charge in [-0.2, -0.15) is 0 Å². The lowest BCUT2D eigenvalue weighted by Crippen LogP contribution is -2.31. The van der Waals surface area contributed by atoms with E-state index in [0.29, 0.717) is 0 Å². The van der Waals surface area contributed by atoms with Gasteiger partial charge in [0, 0.05) is 16.8 Å². The highest BCUT2D eigenvalue weighted by Crippen LogP contribution is 2.45. The summed E-state index contributed by atoms with van der Waals surface area (Å²) in [5.74, 6) is 0. The summed E-state index contributed by atoms with van der Waals surface area (Å²) < 4.78 is 1.12. The molecule has 0 saturated heterocycles. The van der Waals surface area contributed by atoms with Crippen LogP contribution in [0.3, 0.4) is 0 Å². The van der Waals surface area contributed by atoms with Gasteiger partial charge in [0.25, 0.3) is 0 Å². The average molecular weight is 367 g/mol. The highest BCUT2D eigenvalue weighted by Gasteiger charge is 2.33. The molecule has 0 amide bonds. The minimum Gasteiger partial charge on any atom is -0.375 e. The SMILES string of the molecule is Cc1ccc(N=c2ssc3c2-c2ccc(C)cc2NC3(C)C)c(C)c1. The topological polar surface area (TPSA) is 24.4 Å². The Kier molecular flexibility index (Phi) is 3.85. The molecular weight excluding hydrogens is 344 g/mol. The first-order chi connectivity index (χ1) is 11.8. The maximum Gasteiger partial charge on any atom is 0.135 e. The molecule has 1 N–H and O–H groups in total. The Morgan fingerprint density at radius 1 is 0.920 bits per heavy atom. The van der Waals surface area contributed by atoms with Gasteiger partial charge in [-0.1, -0.05) is 50.5 Å². The maximum absolute atomic E-state index is 5.04. The van der Waals surface area contributed by atoms with Crippen molar-refractivity contribution < 1.29 is 0 Å². The summed E-state index contributed by atoms with van der Waals surface area (Å²) in [7, 11) is 3.62. The fraction of sp³-hybridized carbons (Fsp3) is 0.286. The third-order valence-electron chi connectivity index (χ3n) is 4.68. The Balaban J connectivity index is 1.98. The van der Waals surface area contributed by atoms with Crippen molar-refractivity contribution in [2.75, 3.05) is 5.32 Å². The predicted octanol–water partition coefficient (Wildman–Crippen LogP) is 6.29. The van der Waals surface area contributed by atoms with Gasteiger partial charge in [-0.3, -0.25) is 0 Å².